The van der Waals surface area contributed by atoms with Crippen LogP contribution in [0, 0.1) is 17.0 Å². The predicted molar refractivity (Wildman–Crippen MR) is 95.3 cm³/mol. The van der Waals surface area contributed by atoms with E-state index in [0.717, 1.165) is 11.3 Å². The molecular weight excluding hydrogens is 318 g/mol. The lowest BCUT2D eigenvalue weighted by Gasteiger charge is -2.19. The number of aromatic nitrogens is 3. The molecule has 3 aromatic rings. The maximum atomic E-state index is 11.2. The number of nitrogens with one attached hydrogen (secondary N) is 1. The summed E-state index contributed by atoms with van der Waals surface area (Å²) in [5, 5.41) is 14.5. The van der Waals surface area contributed by atoms with Crippen molar-refractivity contribution in [3.8, 4) is 0 Å². The van der Waals surface area contributed by atoms with Crippen molar-refractivity contribution in [3.05, 3.63) is 81.9 Å². The first-order chi connectivity index (χ1) is 12.0. The fourth-order valence-corrected chi connectivity index (χ4v) is 2.65. The monoisotopic (exact) mass is 337 g/mol. The topological polar surface area (TPSA) is 85.9 Å². The standard InChI is InChI=1S/C18H19N5O2/c1-13-6-8-14(9-7-13)11-16(15-5-3-4-10-19-15)21-18-17(23(24)25)20-12-22(18)2/h3-10,12,16,21H,11H2,1-2H3/t16-/m0/s1. The molecule has 25 heavy (non-hydrogen) atoms. The third kappa shape index (κ3) is 3.82. The van der Waals surface area contributed by atoms with E-state index in [-0.39, 0.29) is 11.9 Å². The number of imidazole rings is 1. The maximum absolute atomic E-state index is 11.2. The van der Waals surface area contributed by atoms with E-state index < -0.39 is 4.92 Å². The van der Waals surface area contributed by atoms with Crippen LogP contribution in [0.5, 0.6) is 0 Å². The molecular formula is C18H19N5O2. The average molecular weight is 337 g/mol. The molecule has 1 atom stereocenters. The molecule has 128 valence electrons. The Kier molecular flexibility index (Phi) is 4.74. The second-order valence-corrected chi connectivity index (χ2v) is 5.93. The highest BCUT2D eigenvalue weighted by molar-refractivity contribution is 5.53. The van der Waals surface area contributed by atoms with Gasteiger partial charge in [-0.15, -0.1) is 0 Å². The van der Waals surface area contributed by atoms with Gasteiger partial charge in [0.2, 0.25) is 12.1 Å². The molecule has 0 unspecified atom stereocenters. The Balaban J connectivity index is 1.93. The summed E-state index contributed by atoms with van der Waals surface area (Å²) in [5.74, 6) is 0.181. The fourth-order valence-electron chi connectivity index (χ4n) is 2.65. The summed E-state index contributed by atoms with van der Waals surface area (Å²) >= 11 is 0. The van der Waals surface area contributed by atoms with E-state index in [4.69, 9.17) is 0 Å². The number of hydrogen-bond donors (Lipinski definition) is 1. The summed E-state index contributed by atoms with van der Waals surface area (Å²) in [5.41, 5.74) is 3.13. The Hall–Kier alpha value is -3.22. The molecule has 0 spiro atoms. The number of hydrogen-bond acceptors (Lipinski definition) is 5. The van der Waals surface area contributed by atoms with Crippen LogP contribution in [0.3, 0.4) is 0 Å². The summed E-state index contributed by atoms with van der Waals surface area (Å²) in [6, 6.07) is 13.7. The molecule has 0 aliphatic carbocycles. The van der Waals surface area contributed by atoms with Crippen molar-refractivity contribution >= 4 is 11.6 Å². The van der Waals surface area contributed by atoms with Crippen molar-refractivity contribution in [3.63, 3.8) is 0 Å². The highest BCUT2D eigenvalue weighted by Gasteiger charge is 2.24. The van der Waals surface area contributed by atoms with E-state index in [9.17, 15) is 10.1 Å². The van der Waals surface area contributed by atoms with Gasteiger partial charge in [-0.3, -0.25) is 9.55 Å². The molecule has 3 rings (SSSR count). The molecule has 1 aromatic carbocycles. The Labute approximate surface area is 145 Å². The van der Waals surface area contributed by atoms with Gasteiger partial charge in [-0.25, -0.2) is 0 Å². The van der Waals surface area contributed by atoms with Crippen LogP contribution in [-0.2, 0) is 13.5 Å². The van der Waals surface area contributed by atoms with E-state index in [1.54, 1.807) is 17.8 Å². The van der Waals surface area contributed by atoms with Crippen LogP contribution in [0.1, 0.15) is 22.9 Å². The first-order valence-electron chi connectivity index (χ1n) is 7.93. The van der Waals surface area contributed by atoms with Gasteiger partial charge in [-0.2, -0.15) is 0 Å². The molecule has 0 saturated heterocycles. The van der Waals surface area contributed by atoms with Crippen LogP contribution in [0.15, 0.2) is 55.0 Å². The molecule has 7 heteroatoms. The Morgan fingerprint density at radius 2 is 1.96 bits per heavy atom. The van der Waals surface area contributed by atoms with Crippen molar-refractivity contribution in [2.24, 2.45) is 7.05 Å². The average Bonchev–Trinajstić information content (AvgIpc) is 2.98. The van der Waals surface area contributed by atoms with Crippen molar-refractivity contribution in [2.75, 3.05) is 5.32 Å². The van der Waals surface area contributed by atoms with Crippen molar-refractivity contribution in [1.29, 1.82) is 0 Å². The van der Waals surface area contributed by atoms with Crippen LogP contribution in [0.2, 0.25) is 0 Å². The maximum Gasteiger partial charge on any atom is 0.406 e. The fraction of sp³-hybridized carbons (Fsp3) is 0.222. The largest absolute Gasteiger partial charge is 0.406 e. The summed E-state index contributed by atoms with van der Waals surface area (Å²) < 4.78 is 1.61. The lowest BCUT2D eigenvalue weighted by atomic mass is 10.0. The molecule has 2 heterocycles. The minimum Gasteiger partial charge on any atom is -0.358 e. The minimum atomic E-state index is -0.482. The van der Waals surface area contributed by atoms with Gasteiger partial charge >= 0.3 is 5.82 Å². The molecule has 0 radical (unpaired) electrons. The van der Waals surface area contributed by atoms with Gasteiger partial charge in [0.25, 0.3) is 0 Å². The Bertz CT molecular complexity index is 859. The van der Waals surface area contributed by atoms with Crippen molar-refractivity contribution in [1.82, 2.24) is 14.5 Å². The summed E-state index contributed by atoms with van der Waals surface area (Å²) in [7, 11) is 1.73. The molecule has 0 amide bonds. The molecule has 0 fully saturated rings. The lowest BCUT2D eigenvalue weighted by Crippen LogP contribution is -2.17. The normalized spacial score (nSPS) is 11.9. The van der Waals surface area contributed by atoms with Gasteiger partial charge in [0.1, 0.15) is 0 Å². The summed E-state index contributed by atoms with van der Waals surface area (Å²) in [6.45, 7) is 2.04. The molecule has 0 saturated carbocycles. The number of pyridine rings is 1. The number of nitrogens with zero attached hydrogens (tertiary/aromatic N) is 4. The van der Waals surface area contributed by atoms with Gasteiger partial charge in [-0.1, -0.05) is 35.9 Å². The van der Waals surface area contributed by atoms with E-state index in [1.165, 1.54) is 11.9 Å². The lowest BCUT2D eigenvalue weighted by molar-refractivity contribution is -0.388. The third-order valence-electron chi connectivity index (χ3n) is 4.01. The second-order valence-electron chi connectivity index (χ2n) is 5.93. The number of aryl methyl sites for hydroxylation is 2. The third-order valence-corrected chi connectivity index (χ3v) is 4.01. The SMILES string of the molecule is Cc1ccc(C[C@H](Nc2c([N+](=O)[O-])ncn2C)c2ccccn2)cc1. The summed E-state index contributed by atoms with van der Waals surface area (Å²) in [4.78, 5) is 19.0. The molecule has 0 bridgehead atoms. The quantitative estimate of drug-likeness (QED) is 0.550. The first-order valence-corrected chi connectivity index (χ1v) is 7.93. The van der Waals surface area contributed by atoms with E-state index in [1.807, 2.05) is 25.1 Å². The van der Waals surface area contributed by atoms with E-state index in [2.05, 4.69) is 39.6 Å². The van der Waals surface area contributed by atoms with Gasteiger partial charge in [0.05, 0.1) is 11.7 Å². The van der Waals surface area contributed by atoms with Crippen LogP contribution in [0.25, 0.3) is 0 Å². The predicted octanol–water partition coefficient (Wildman–Crippen LogP) is 3.43. The molecule has 0 aliphatic heterocycles. The van der Waals surface area contributed by atoms with Gasteiger partial charge in [0, 0.05) is 13.2 Å². The van der Waals surface area contributed by atoms with E-state index in [0.29, 0.717) is 12.2 Å². The van der Waals surface area contributed by atoms with Gasteiger partial charge < -0.3 is 15.4 Å². The van der Waals surface area contributed by atoms with Gasteiger partial charge in [-0.05, 0) is 40.9 Å². The highest BCUT2D eigenvalue weighted by Crippen LogP contribution is 2.28. The Morgan fingerprint density at radius 1 is 1.20 bits per heavy atom. The smallest absolute Gasteiger partial charge is 0.358 e. The zero-order valence-electron chi connectivity index (χ0n) is 14.1. The minimum absolute atomic E-state index is 0.188. The van der Waals surface area contributed by atoms with Crippen LogP contribution < -0.4 is 5.32 Å². The summed E-state index contributed by atoms with van der Waals surface area (Å²) in [6.07, 6.45) is 3.80. The molecule has 1 N–H and O–H groups in total. The Morgan fingerprint density at radius 3 is 2.60 bits per heavy atom. The molecule has 7 nitrogen and oxygen atoms in total. The first kappa shape index (κ1) is 16.6. The van der Waals surface area contributed by atoms with Crippen LogP contribution in [-0.4, -0.2) is 19.5 Å². The van der Waals surface area contributed by atoms with Crippen LogP contribution >= 0.6 is 0 Å². The van der Waals surface area contributed by atoms with E-state index >= 15 is 0 Å². The number of nitro groups is 1. The number of anilines is 1. The van der Waals surface area contributed by atoms with Crippen molar-refractivity contribution in [2.45, 2.75) is 19.4 Å². The van der Waals surface area contributed by atoms with Crippen molar-refractivity contribution < 1.29 is 4.92 Å². The number of rotatable bonds is 6. The van der Waals surface area contributed by atoms with Gasteiger partial charge in [0.15, 0.2) is 0 Å². The highest BCUT2D eigenvalue weighted by atomic mass is 16.6. The van der Waals surface area contributed by atoms with Crippen LogP contribution in [0.4, 0.5) is 11.6 Å². The zero-order valence-corrected chi connectivity index (χ0v) is 14.1. The molecule has 2 aromatic heterocycles. The molecule has 0 aliphatic rings. The number of benzene rings is 1. The zero-order chi connectivity index (χ0) is 17.8. The second kappa shape index (κ2) is 7.12.